The molecule has 0 unspecified atom stereocenters. The van der Waals surface area contributed by atoms with Crippen LogP contribution in [0.25, 0.3) is 16.8 Å². The lowest BCUT2D eigenvalue weighted by atomic mass is 10.1. The van der Waals surface area contributed by atoms with Crippen LogP contribution < -0.4 is 10.1 Å². The maximum absolute atomic E-state index is 12.8. The van der Waals surface area contributed by atoms with E-state index in [1.165, 1.54) is 0 Å². The number of hydrogen-bond acceptors (Lipinski definition) is 5. The van der Waals surface area contributed by atoms with Crippen molar-refractivity contribution < 1.29 is 22.7 Å². The lowest BCUT2D eigenvalue weighted by Crippen LogP contribution is -2.20. The van der Waals surface area contributed by atoms with Gasteiger partial charge < -0.3 is 10.1 Å². The van der Waals surface area contributed by atoms with Crippen LogP contribution in [-0.2, 0) is 18.0 Å². The Bertz CT molecular complexity index is 1200. The van der Waals surface area contributed by atoms with Crippen molar-refractivity contribution in [3.8, 4) is 16.9 Å². The van der Waals surface area contributed by atoms with Crippen molar-refractivity contribution in [2.75, 3.05) is 11.9 Å². The second-order valence-corrected chi connectivity index (χ2v) is 6.34. The van der Waals surface area contributed by atoms with Crippen molar-refractivity contribution in [3.05, 3.63) is 60.7 Å². The number of amides is 1. The highest BCUT2D eigenvalue weighted by Gasteiger charge is 2.35. The van der Waals surface area contributed by atoms with Gasteiger partial charge in [-0.1, -0.05) is 12.1 Å². The summed E-state index contributed by atoms with van der Waals surface area (Å²) < 4.78 is 46.1. The maximum atomic E-state index is 12.8. The molecule has 0 spiro atoms. The average molecular weight is 416 g/mol. The van der Waals surface area contributed by atoms with Gasteiger partial charge in [0.2, 0.25) is 0 Å². The van der Waals surface area contributed by atoms with Crippen LogP contribution in [0.3, 0.4) is 0 Å². The molecule has 0 saturated carbocycles. The Hall–Kier alpha value is -3.89. The van der Waals surface area contributed by atoms with Crippen LogP contribution in [0.1, 0.15) is 5.69 Å². The minimum absolute atomic E-state index is 0.200. The third-order valence-electron chi connectivity index (χ3n) is 4.25. The molecule has 4 aromatic rings. The summed E-state index contributed by atoms with van der Waals surface area (Å²) in [5.74, 6) is -0.401. The number of rotatable bonds is 5. The van der Waals surface area contributed by atoms with Crippen LogP contribution in [0, 0.1) is 0 Å². The number of hydrogen-bond donors (Lipinski definition) is 1. The number of anilines is 1. The lowest BCUT2D eigenvalue weighted by Gasteiger charge is -2.07. The molecule has 8 nitrogen and oxygen atoms in total. The molecule has 1 amide bonds. The SMILES string of the molecule is Cn1nc(NC(=O)COc2ccc(-c3cnn4cccnc34)cc2)cc1C(F)(F)F. The molecular weight excluding hydrogens is 401 g/mol. The summed E-state index contributed by atoms with van der Waals surface area (Å²) in [6.45, 7) is -0.379. The van der Waals surface area contributed by atoms with E-state index in [0.717, 1.165) is 24.2 Å². The monoisotopic (exact) mass is 416 g/mol. The largest absolute Gasteiger partial charge is 0.484 e. The van der Waals surface area contributed by atoms with Crippen molar-refractivity contribution in [2.24, 2.45) is 7.05 Å². The van der Waals surface area contributed by atoms with E-state index in [1.807, 2.05) is 0 Å². The molecule has 0 bridgehead atoms. The van der Waals surface area contributed by atoms with Crippen LogP contribution in [0.15, 0.2) is 55.0 Å². The second-order valence-electron chi connectivity index (χ2n) is 6.34. The molecule has 0 radical (unpaired) electrons. The van der Waals surface area contributed by atoms with Gasteiger partial charge in [0.1, 0.15) is 11.4 Å². The number of benzene rings is 1. The topological polar surface area (TPSA) is 86.3 Å². The number of fused-ring (bicyclic) bond motifs is 1. The van der Waals surface area contributed by atoms with Gasteiger partial charge in [-0.2, -0.15) is 23.4 Å². The number of nitrogens with one attached hydrogen (secondary N) is 1. The third-order valence-corrected chi connectivity index (χ3v) is 4.25. The van der Waals surface area contributed by atoms with Crippen LogP contribution in [0.5, 0.6) is 5.75 Å². The Morgan fingerprint density at radius 3 is 2.70 bits per heavy atom. The number of alkyl halides is 3. The van der Waals surface area contributed by atoms with Crippen molar-refractivity contribution >= 4 is 17.4 Å². The van der Waals surface area contributed by atoms with Gasteiger partial charge in [-0.3, -0.25) is 9.48 Å². The van der Waals surface area contributed by atoms with E-state index in [2.05, 4.69) is 20.5 Å². The number of halogens is 3. The highest BCUT2D eigenvalue weighted by molar-refractivity contribution is 5.91. The number of aryl methyl sites for hydroxylation is 1. The standard InChI is InChI=1S/C19H15F3N6O2/c1-27-15(19(20,21)22)9-16(26-27)25-17(29)11-30-13-5-3-12(4-6-13)14-10-24-28-8-2-7-23-18(14)28/h2-10H,11H2,1H3,(H,25,26,29). The Morgan fingerprint density at radius 2 is 2.00 bits per heavy atom. The minimum atomic E-state index is -4.56. The molecule has 1 N–H and O–H groups in total. The number of ether oxygens (including phenoxy) is 1. The van der Waals surface area contributed by atoms with Gasteiger partial charge in [0, 0.05) is 31.1 Å². The molecule has 1 aromatic carbocycles. The first-order valence-electron chi connectivity index (χ1n) is 8.74. The summed E-state index contributed by atoms with van der Waals surface area (Å²) in [6, 6.07) is 9.49. The fraction of sp³-hybridized carbons (Fsp3) is 0.158. The molecule has 0 fully saturated rings. The van der Waals surface area contributed by atoms with E-state index < -0.39 is 17.8 Å². The average Bonchev–Trinajstić information content (AvgIpc) is 3.30. The van der Waals surface area contributed by atoms with E-state index in [0.29, 0.717) is 16.1 Å². The Balaban J connectivity index is 1.38. The normalized spacial score (nSPS) is 11.6. The maximum Gasteiger partial charge on any atom is 0.433 e. The lowest BCUT2D eigenvalue weighted by molar-refractivity contribution is -0.143. The predicted molar refractivity (Wildman–Crippen MR) is 101 cm³/mol. The van der Waals surface area contributed by atoms with Crippen LogP contribution in [0.4, 0.5) is 19.0 Å². The van der Waals surface area contributed by atoms with Gasteiger partial charge >= 0.3 is 6.18 Å². The van der Waals surface area contributed by atoms with Crippen LogP contribution in [-0.4, -0.2) is 36.9 Å². The molecule has 30 heavy (non-hydrogen) atoms. The highest BCUT2D eigenvalue weighted by Crippen LogP contribution is 2.30. The van der Waals surface area contributed by atoms with E-state index >= 15 is 0 Å². The Morgan fingerprint density at radius 1 is 1.23 bits per heavy atom. The fourth-order valence-corrected chi connectivity index (χ4v) is 2.88. The molecule has 0 atom stereocenters. The number of nitrogens with zero attached hydrogens (tertiary/aromatic N) is 5. The molecule has 0 saturated heterocycles. The van der Waals surface area contributed by atoms with E-state index in [4.69, 9.17) is 4.74 Å². The summed E-state index contributed by atoms with van der Waals surface area (Å²) in [6.07, 6.45) is 0.615. The van der Waals surface area contributed by atoms with Crippen molar-refractivity contribution in [3.63, 3.8) is 0 Å². The van der Waals surface area contributed by atoms with E-state index in [1.54, 1.807) is 53.4 Å². The quantitative estimate of drug-likeness (QED) is 0.540. The van der Waals surface area contributed by atoms with Gasteiger partial charge in [0.15, 0.2) is 18.1 Å². The van der Waals surface area contributed by atoms with Gasteiger partial charge in [-0.15, -0.1) is 0 Å². The predicted octanol–water partition coefficient (Wildman–Crippen LogP) is 3.17. The Labute approximate surface area is 167 Å². The summed E-state index contributed by atoms with van der Waals surface area (Å²) in [4.78, 5) is 16.3. The summed E-state index contributed by atoms with van der Waals surface area (Å²) >= 11 is 0. The molecule has 11 heteroatoms. The van der Waals surface area contributed by atoms with Crippen LogP contribution >= 0.6 is 0 Å². The highest BCUT2D eigenvalue weighted by atomic mass is 19.4. The van der Waals surface area contributed by atoms with Gasteiger partial charge in [-0.05, 0) is 23.8 Å². The third kappa shape index (κ3) is 3.95. The first kappa shape index (κ1) is 19.4. The summed E-state index contributed by atoms with van der Waals surface area (Å²) in [5.41, 5.74) is 1.46. The number of aromatic nitrogens is 5. The molecule has 3 heterocycles. The van der Waals surface area contributed by atoms with E-state index in [9.17, 15) is 18.0 Å². The van der Waals surface area contributed by atoms with Gasteiger partial charge in [0.25, 0.3) is 5.91 Å². The van der Waals surface area contributed by atoms with Crippen molar-refractivity contribution in [1.29, 1.82) is 0 Å². The molecule has 3 aromatic heterocycles. The number of carbonyl (C=O) groups is 1. The van der Waals surface area contributed by atoms with Gasteiger partial charge in [0.05, 0.1) is 6.20 Å². The summed E-state index contributed by atoms with van der Waals surface area (Å²) in [7, 11) is 1.15. The zero-order valence-electron chi connectivity index (χ0n) is 15.6. The van der Waals surface area contributed by atoms with Gasteiger partial charge in [-0.25, -0.2) is 9.50 Å². The van der Waals surface area contributed by atoms with Crippen molar-refractivity contribution in [2.45, 2.75) is 6.18 Å². The first-order chi connectivity index (χ1) is 14.3. The molecule has 0 aliphatic carbocycles. The fourth-order valence-electron chi connectivity index (χ4n) is 2.88. The van der Waals surface area contributed by atoms with Crippen molar-refractivity contribution in [1.82, 2.24) is 24.4 Å². The molecule has 154 valence electrons. The zero-order chi connectivity index (χ0) is 21.3. The minimum Gasteiger partial charge on any atom is -0.484 e. The Kier molecular flexibility index (Phi) is 4.86. The molecular formula is C19H15F3N6O2. The molecule has 0 aliphatic heterocycles. The molecule has 0 aliphatic rings. The van der Waals surface area contributed by atoms with Crippen LogP contribution in [0.2, 0.25) is 0 Å². The second kappa shape index (κ2) is 7.50. The molecule has 4 rings (SSSR count). The number of carbonyl (C=O) groups excluding carboxylic acids is 1. The first-order valence-corrected chi connectivity index (χ1v) is 8.74. The summed E-state index contributed by atoms with van der Waals surface area (Å²) in [5, 5.41) is 10.1. The smallest absolute Gasteiger partial charge is 0.433 e. The zero-order valence-corrected chi connectivity index (χ0v) is 15.6. The van der Waals surface area contributed by atoms with E-state index in [-0.39, 0.29) is 12.4 Å².